The van der Waals surface area contributed by atoms with Gasteiger partial charge in [-0.15, -0.1) is 0 Å². The summed E-state index contributed by atoms with van der Waals surface area (Å²) in [5.41, 5.74) is 0. The molecule has 1 aliphatic rings. The van der Waals surface area contributed by atoms with Crippen molar-refractivity contribution < 1.29 is 9.13 Å². The first kappa shape index (κ1) is 10.9. The molecule has 0 amide bonds. The minimum atomic E-state index is -0.457. The van der Waals surface area contributed by atoms with Crippen LogP contribution in [0.5, 0.6) is 5.75 Å². The van der Waals surface area contributed by atoms with Gasteiger partial charge < -0.3 is 0 Å². The van der Waals surface area contributed by atoms with Gasteiger partial charge in [-0.05, 0) is 0 Å². The molecule has 80 valence electrons. The molecule has 1 aromatic rings. The van der Waals surface area contributed by atoms with Crippen molar-refractivity contribution in [3.8, 4) is 5.75 Å². The van der Waals surface area contributed by atoms with Crippen LogP contribution in [0.3, 0.4) is 0 Å². The van der Waals surface area contributed by atoms with E-state index in [0.717, 1.165) is 13.0 Å². The second-order valence-electron chi connectivity index (χ2n) is 3.59. The van der Waals surface area contributed by atoms with E-state index in [-0.39, 0.29) is 0 Å². The summed E-state index contributed by atoms with van der Waals surface area (Å²) in [7, 11) is 0. The Kier molecular flexibility index (Phi) is 3.60. The van der Waals surface area contributed by atoms with Crippen molar-refractivity contribution in [2.45, 2.75) is 18.9 Å². The molecule has 15 heavy (non-hydrogen) atoms. The molecule has 0 bridgehead atoms. The van der Waals surface area contributed by atoms with Gasteiger partial charge in [0.15, 0.2) is 0 Å². The predicted molar refractivity (Wildman–Crippen MR) is 56.1 cm³/mol. The van der Waals surface area contributed by atoms with Crippen molar-refractivity contribution in [3.05, 3.63) is 18.2 Å². The van der Waals surface area contributed by atoms with Gasteiger partial charge in [0.25, 0.3) is 0 Å². The van der Waals surface area contributed by atoms with E-state index in [1.807, 2.05) is 0 Å². The van der Waals surface area contributed by atoms with Gasteiger partial charge in [0.2, 0.25) is 0 Å². The first-order valence-corrected chi connectivity index (χ1v) is 5.90. The third-order valence-corrected chi connectivity index (χ3v) is 3.07. The first-order chi connectivity index (χ1) is 7.25. The van der Waals surface area contributed by atoms with Gasteiger partial charge in [-0.2, -0.15) is 0 Å². The Balaban J connectivity index is 1.90. The van der Waals surface area contributed by atoms with Crippen molar-refractivity contribution in [2.24, 2.45) is 0 Å². The average molecular weight is 270 g/mol. The van der Waals surface area contributed by atoms with Crippen LogP contribution in [0.15, 0.2) is 12.3 Å². The molecule has 1 N–H and O–H groups in total. The van der Waals surface area contributed by atoms with Gasteiger partial charge in [-0.25, -0.2) is 0 Å². The molecule has 0 aromatic carbocycles. The normalized spacial score (nSPS) is 20.5. The minimum absolute atomic E-state index is 0.421. The van der Waals surface area contributed by atoms with E-state index in [1.54, 1.807) is 6.07 Å². The summed E-state index contributed by atoms with van der Waals surface area (Å²) in [6, 6.07) is 2.07. The van der Waals surface area contributed by atoms with Crippen LogP contribution in [-0.2, 0) is 0 Å². The number of nitrogens with one attached hydrogen (secondary N) is 1. The maximum atomic E-state index is 12.8. The van der Waals surface area contributed by atoms with E-state index in [0.29, 0.717) is 22.7 Å². The van der Waals surface area contributed by atoms with Crippen LogP contribution in [0.4, 0.5) is 4.39 Å². The zero-order valence-corrected chi connectivity index (χ0v) is 10.1. The molecule has 1 atom stereocenters. The average Bonchev–Trinajstić information content (AvgIpc) is 2.73. The Morgan fingerprint density at radius 2 is 2.53 bits per heavy atom. The maximum absolute atomic E-state index is 12.8. The molecule has 1 saturated heterocycles. The molecular weight excluding hydrogens is 258 g/mol. The van der Waals surface area contributed by atoms with Crippen molar-refractivity contribution in [3.63, 3.8) is 0 Å². The summed E-state index contributed by atoms with van der Waals surface area (Å²) >= 11 is 2.14. The molecule has 5 heteroatoms. The number of pyridine rings is 1. The van der Waals surface area contributed by atoms with Crippen molar-refractivity contribution >= 4 is 21.2 Å². The van der Waals surface area contributed by atoms with E-state index in [9.17, 15) is 4.39 Å². The first-order valence-electron chi connectivity index (χ1n) is 4.96. The molecule has 3 nitrogen and oxygen atoms in total. The zero-order chi connectivity index (χ0) is 10.7. The van der Waals surface area contributed by atoms with Crippen LogP contribution in [0.1, 0.15) is 12.8 Å². The molecule has 2 heterocycles. The molecule has 0 spiro atoms. The van der Waals surface area contributed by atoms with Crippen molar-refractivity contribution in [2.75, 3.05) is 13.2 Å². The Bertz CT molecular complexity index is 342. The van der Waals surface area contributed by atoms with E-state index < -0.39 is 5.95 Å². The van der Waals surface area contributed by atoms with Gasteiger partial charge in [-0.1, -0.05) is 0 Å². The zero-order valence-electron chi connectivity index (χ0n) is 8.24. The fourth-order valence-corrected chi connectivity index (χ4v) is 1.98. The third-order valence-electron chi connectivity index (χ3n) is 2.41. The van der Waals surface area contributed by atoms with Gasteiger partial charge in [-0.3, -0.25) is 0 Å². The van der Waals surface area contributed by atoms with Crippen LogP contribution in [0.2, 0.25) is 0 Å². The van der Waals surface area contributed by atoms with Crippen molar-refractivity contribution in [1.29, 1.82) is 0 Å². The predicted octanol–water partition coefficient (Wildman–Crippen LogP) is 0.145. The topological polar surface area (TPSA) is 34.1 Å². The number of aromatic nitrogens is 1. The molecule has 0 unspecified atom stereocenters. The molecule has 0 aliphatic carbocycles. The van der Waals surface area contributed by atoms with Gasteiger partial charge in [0.1, 0.15) is 0 Å². The van der Waals surface area contributed by atoms with Crippen LogP contribution >= 0.6 is 0 Å². The quantitative estimate of drug-likeness (QED) is 0.627. The van der Waals surface area contributed by atoms with Gasteiger partial charge in [0.05, 0.1) is 0 Å². The van der Waals surface area contributed by atoms with Gasteiger partial charge >= 0.3 is 96.6 Å². The van der Waals surface area contributed by atoms with Gasteiger partial charge in [0, 0.05) is 0 Å². The standard InChI is InChI=1S/C10H12AsFN2O/c11-9-4-8(5-14-10(9)12)15-6-7-2-1-3-13-7/h4-5,7,13H,1-3,6H2/t7-/m0/s1. The molecule has 2 radical (unpaired) electrons. The number of hydrogen-bond acceptors (Lipinski definition) is 3. The Morgan fingerprint density at radius 3 is 3.20 bits per heavy atom. The second kappa shape index (κ2) is 4.95. The number of hydrogen-bond donors (Lipinski definition) is 1. The van der Waals surface area contributed by atoms with E-state index >= 15 is 0 Å². The third kappa shape index (κ3) is 2.92. The Morgan fingerprint density at radius 1 is 1.67 bits per heavy atom. The number of nitrogens with zero attached hydrogens (tertiary/aromatic N) is 1. The monoisotopic (exact) mass is 270 g/mol. The summed E-state index contributed by atoms with van der Waals surface area (Å²) in [6.45, 7) is 1.69. The van der Waals surface area contributed by atoms with Crippen LogP contribution in [0.25, 0.3) is 0 Å². The van der Waals surface area contributed by atoms with E-state index in [4.69, 9.17) is 4.74 Å². The second-order valence-corrected chi connectivity index (χ2v) is 4.60. The summed E-state index contributed by atoms with van der Waals surface area (Å²) in [6.07, 6.45) is 3.76. The number of halogens is 1. The molecule has 1 aliphatic heterocycles. The summed E-state index contributed by atoms with van der Waals surface area (Å²) in [5, 5.41) is 3.33. The molecule has 1 fully saturated rings. The van der Waals surface area contributed by atoms with Crippen LogP contribution < -0.4 is 14.4 Å². The summed E-state index contributed by atoms with van der Waals surface area (Å²) in [4.78, 5) is 3.60. The fraction of sp³-hybridized carbons (Fsp3) is 0.500. The SMILES string of the molecule is Fc1ncc(OC[C@@H]2CCCN2)cc1[As]. The molecular formula is C10H12AsFN2O. The van der Waals surface area contributed by atoms with Crippen molar-refractivity contribution in [1.82, 2.24) is 10.3 Å². The molecule has 0 saturated carbocycles. The van der Waals surface area contributed by atoms with Crippen LogP contribution in [0, 0.1) is 5.95 Å². The van der Waals surface area contributed by atoms with Crippen LogP contribution in [-0.4, -0.2) is 41.0 Å². The number of rotatable bonds is 3. The Hall–Kier alpha value is -0.602. The van der Waals surface area contributed by atoms with E-state index in [1.165, 1.54) is 12.6 Å². The fourth-order valence-electron chi connectivity index (χ4n) is 1.59. The molecule has 1 aromatic heterocycles. The molecule has 2 rings (SSSR count). The number of ether oxygens (including phenoxy) is 1. The summed E-state index contributed by atoms with van der Waals surface area (Å²) in [5.74, 6) is 0.169. The van der Waals surface area contributed by atoms with E-state index in [2.05, 4.69) is 27.2 Å². The summed E-state index contributed by atoms with van der Waals surface area (Å²) < 4.78 is 18.8. The Labute approximate surface area is 96.9 Å².